The van der Waals surface area contributed by atoms with Crippen LogP contribution < -0.4 is 0 Å². The van der Waals surface area contributed by atoms with Crippen molar-refractivity contribution in [3.63, 3.8) is 0 Å². The zero-order chi connectivity index (χ0) is 8.15. The van der Waals surface area contributed by atoms with Crippen LogP contribution in [0.4, 0.5) is 0 Å². The highest BCUT2D eigenvalue weighted by Crippen LogP contribution is 2.11. The second-order valence-electron chi connectivity index (χ2n) is 2.89. The van der Waals surface area contributed by atoms with Gasteiger partial charge in [0, 0.05) is 0 Å². The van der Waals surface area contributed by atoms with Gasteiger partial charge >= 0.3 is 0 Å². The van der Waals surface area contributed by atoms with E-state index in [4.69, 9.17) is 0 Å². The molecule has 3 heteroatoms. The second-order valence-corrected chi connectivity index (χ2v) is 4.12. The van der Waals surface area contributed by atoms with Gasteiger partial charge in [0.25, 0.3) is 0 Å². The van der Waals surface area contributed by atoms with E-state index in [-0.39, 0.29) is 11.2 Å². The number of thiol groups is 1. The topological polar surface area (TPSA) is 34.1 Å². The van der Waals surface area contributed by atoms with Crippen LogP contribution in [0.15, 0.2) is 0 Å². The molecule has 10 heavy (non-hydrogen) atoms. The van der Waals surface area contributed by atoms with Gasteiger partial charge in [0.1, 0.15) is 10.7 Å². The van der Waals surface area contributed by atoms with E-state index in [1.54, 1.807) is 0 Å². The molecule has 1 unspecified atom stereocenters. The molecule has 0 aliphatic carbocycles. The Bertz CT molecular complexity index is 142. The molecule has 1 atom stereocenters. The fourth-order valence-corrected chi connectivity index (χ4v) is 1.93. The first-order valence-corrected chi connectivity index (χ1v) is 4.97. The van der Waals surface area contributed by atoms with Crippen LogP contribution in [0.25, 0.3) is 0 Å². The third kappa shape index (κ3) is 3.20. The third-order valence-electron chi connectivity index (χ3n) is 1.62. The SMILES string of the molecule is CCCC(C(C)C)[SH](=O)=O. The van der Waals surface area contributed by atoms with Crippen molar-refractivity contribution in [2.24, 2.45) is 5.92 Å². The monoisotopic (exact) mass is 164 g/mol. The Balaban J connectivity index is 3.98. The van der Waals surface area contributed by atoms with Gasteiger partial charge in [-0.2, -0.15) is 0 Å². The van der Waals surface area contributed by atoms with Gasteiger partial charge in [0.2, 0.25) is 0 Å². The summed E-state index contributed by atoms with van der Waals surface area (Å²) in [5.74, 6) is 0.265. The second kappa shape index (κ2) is 4.72. The lowest BCUT2D eigenvalue weighted by atomic mass is 10.1. The maximum atomic E-state index is 10.6. The molecule has 0 rings (SSSR count). The maximum absolute atomic E-state index is 10.6. The largest absolute Gasteiger partial charge is 0.232 e. The highest BCUT2D eigenvalue weighted by Gasteiger charge is 2.13. The Labute approximate surface area is 64.6 Å². The molecule has 0 aliphatic heterocycles. The fraction of sp³-hybridized carbons (Fsp3) is 1.00. The van der Waals surface area contributed by atoms with E-state index in [2.05, 4.69) is 0 Å². The Morgan fingerprint density at radius 3 is 1.90 bits per heavy atom. The van der Waals surface area contributed by atoms with Gasteiger partial charge in [0.15, 0.2) is 0 Å². The van der Waals surface area contributed by atoms with Crippen molar-refractivity contribution >= 4 is 10.7 Å². The van der Waals surface area contributed by atoms with Gasteiger partial charge in [0.05, 0.1) is 5.25 Å². The molecule has 0 aromatic heterocycles. The van der Waals surface area contributed by atoms with Crippen LogP contribution in [-0.2, 0) is 10.7 Å². The van der Waals surface area contributed by atoms with Crippen LogP contribution in [0, 0.1) is 5.92 Å². The Morgan fingerprint density at radius 2 is 1.80 bits per heavy atom. The molecule has 0 aliphatic rings. The highest BCUT2D eigenvalue weighted by atomic mass is 32.2. The summed E-state index contributed by atoms with van der Waals surface area (Å²) in [5, 5.41) is -0.111. The predicted molar refractivity (Wildman–Crippen MR) is 43.8 cm³/mol. The smallest absolute Gasteiger partial charge is 0.143 e. The molecule has 62 valence electrons. The van der Waals surface area contributed by atoms with Crippen molar-refractivity contribution in [1.82, 2.24) is 0 Å². The van der Waals surface area contributed by atoms with Crippen LogP contribution in [-0.4, -0.2) is 13.7 Å². The Morgan fingerprint density at radius 1 is 1.30 bits per heavy atom. The molecule has 0 aromatic rings. The summed E-state index contributed by atoms with van der Waals surface area (Å²) in [5.41, 5.74) is 0. The zero-order valence-corrected chi connectivity index (χ0v) is 7.73. The molecule has 0 aromatic carbocycles. The summed E-state index contributed by atoms with van der Waals surface area (Å²) in [7, 11) is -2.21. The third-order valence-corrected chi connectivity index (χ3v) is 3.02. The van der Waals surface area contributed by atoms with E-state index in [1.807, 2.05) is 20.8 Å². The molecule has 0 saturated carbocycles. The number of hydrogen-bond acceptors (Lipinski definition) is 2. The molecular formula is C7H16O2S. The van der Waals surface area contributed by atoms with Crippen molar-refractivity contribution in [1.29, 1.82) is 0 Å². The van der Waals surface area contributed by atoms with Crippen molar-refractivity contribution in [3.05, 3.63) is 0 Å². The maximum Gasteiger partial charge on any atom is 0.143 e. The molecular weight excluding hydrogens is 148 g/mol. The summed E-state index contributed by atoms with van der Waals surface area (Å²) in [6.45, 7) is 5.91. The standard InChI is InChI=1S/C7H16O2S/c1-4-5-7(6(2)3)10(8)9/h6-7,10H,4-5H2,1-3H3. The quantitative estimate of drug-likeness (QED) is 0.638. The van der Waals surface area contributed by atoms with Crippen molar-refractivity contribution in [2.75, 3.05) is 0 Å². The van der Waals surface area contributed by atoms with Gasteiger partial charge in [-0.1, -0.05) is 27.2 Å². The van der Waals surface area contributed by atoms with Gasteiger partial charge < -0.3 is 0 Å². The lowest BCUT2D eigenvalue weighted by Gasteiger charge is -2.11. The minimum absolute atomic E-state index is 0.111. The summed E-state index contributed by atoms with van der Waals surface area (Å²) in [4.78, 5) is 0. The predicted octanol–water partition coefficient (Wildman–Crippen LogP) is 1.42. The van der Waals surface area contributed by atoms with E-state index in [9.17, 15) is 8.42 Å². The fourth-order valence-electron chi connectivity index (χ4n) is 0.978. The molecule has 0 bridgehead atoms. The van der Waals surface area contributed by atoms with Crippen LogP contribution in [0.3, 0.4) is 0 Å². The van der Waals surface area contributed by atoms with Crippen molar-refractivity contribution in [2.45, 2.75) is 38.9 Å². The average Bonchev–Trinajstić information content (AvgIpc) is 1.81. The van der Waals surface area contributed by atoms with Gasteiger partial charge in [-0.15, -0.1) is 0 Å². The van der Waals surface area contributed by atoms with Gasteiger partial charge in [-0.25, -0.2) is 8.42 Å². The summed E-state index contributed by atoms with van der Waals surface area (Å²) >= 11 is 0. The zero-order valence-electron chi connectivity index (χ0n) is 6.83. The first-order chi connectivity index (χ1) is 4.59. The summed E-state index contributed by atoms with van der Waals surface area (Å²) in [6, 6.07) is 0. The van der Waals surface area contributed by atoms with Gasteiger partial charge in [-0.3, -0.25) is 0 Å². The normalized spacial score (nSPS) is 14.5. The first kappa shape index (κ1) is 9.95. The van der Waals surface area contributed by atoms with E-state index in [0.717, 1.165) is 12.8 Å². The summed E-state index contributed by atoms with van der Waals surface area (Å²) < 4.78 is 21.1. The molecule has 0 saturated heterocycles. The molecule has 2 nitrogen and oxygen atoms in total. The molecule has 0 fully saturated rings. The molecule has 0 N–H and O–H groups in total. The lowest BCUT2D eigenvalue weighted by molar-refractivity contribution is 0.522. The van der Waals surface area contributed by atoms with Crippen molar-refractivity contribution in [3.8, 4) is 0 Å². The molecule has 0 radical (unpaired) electrons. The van der Waals surface area contributed by atoms with E-state index < -0.39 is 10.7 Å². The summed E-state index contributed by atoms with van der Waals surface area (Å²) in [6.07, 6.45) is 1.75. The van der Waals surface area contributed by atoms with Crippen LogP contribution in [0.2, 0.25) is 0 Å². The van der Waals surface area contributed by atoms with Crippen LogP contribution in [0.5, 0.6) is 0 Å². The van der Waals surface area contributed by atoms with E-state index in [0.29, 0.717) is 0 Å². The Hall–Kier alpha value is -0.0500. The van der Waals surface area contributed by atoms with Crippen LogP contribution in [0.1, 0.15) is 33.6 Å². The number of hydrogen-bond donors (Lipinski definition) is 1. The number of rotatable bonds is 4. The van der Waals surface area contributed by atoms with E-state index in [1.165, 1.54) is 0 Å². The minimum Gasteiger partial charge on any atom is -0.232 e. The molecule has 0 heterocycles. The van der Waals surface area contributed by atoms with Gasteiger partial charge in [-0.05, 0) is 12.3 Å². The van der Waals surface area contributed by atoms with E-state index >= 15 is 0 Å². The lowest BCUT2D eigenvalue weighted by Crippen LogP contribution is -2.16. The first-order valence-electron chi connectivity index (χ1n) is 3.73. The Kier molecular flexibility index (Phi) is 4.69. The molecule has 0 spiro atoms. The van der Waals surface area contributed by atoms with Crippen molar-refractivity contribution < 1.29 is 8.42 Å². The highest BCUT2D eigenvalue weighted by molar-refractivity contribution is 7.73. The molecule has 0 amide bonds. The average molecular weight is 164 g/mol. The van der Waals surface area contributed by atoms with Crippen LogP contribution >= 0.6 is 0 Å². The minimum atomic E-state index is -2.21.